The van der Waals surface area contributed by atoms with E-state index in [1.54, 1.807) is 42.6 Å². The molecule has 2 aromatic carbocycles. The van der Waals surface area contributed by atoms with Gasteiger partial charge in [0.05, 0.1) is 6.61 Å². The highest BCUT2D eigenvalue weighted by atomic mass is 19.1. The molecule has 2 amide bonds. The SMILES string of the molecule is CCOc1ccccc1[C@H](C(=O)NC1CCCCC1)N(Cc1ccc(F)cc1)C(=O)c1ccccn1. The molecule has 0 spiro atoms. The standard InChI is InChI=1S/C29H32FN3O3/c1-2-36-26-14-7-6-12-24(26)27(28(34)32-23-10-4-3-5-11-23)33(20-21-15-17-22(30)18-16-21)29(35)25-13-8-9-19-31-25/h6-9,12-19,23,27H,2-5,10-11,20H2,1H3,(H,32,34)/t27-/m1/s1. The van der Waals surface area contributed by atoms with Crippen LogP contribution in [0.3, 0.4) is 0 Å². The highest BCUT2D eigenvalue weighted by Crippen LogP contribution is 2.33. The summed E-state index contributed by atoms with van der Waals surface area (Å²) in [6.07, 6.45) is 6.68. The fourth-order valence-electron chi connectivity index (χ4n) is 4.67. The van der Waals surface area contributed by atoms with Crippen LogP contribution < -0.4 is 10.1 Å². The van der Waals surface area contributed by atoms with Crippen molar-refractivity contribution in [2.45, 2.75) is 57.7 Å². The van der Waals surface area contributed by atoms with E-state index in [0.717, 1.165) is 32.1 Å². The maximum atomic E-state index is 13.9. The Labute approximate surface area is 211 Å². The third-order valence-corrected chi connectivity index (χ3v) is 6.44. The number of nitrogens with zero attached hydrogens (tertiary/aromatic N) is 2. The van der Waals surface area contributed by atoms with Crippen molar-refractivity contribution in [3.63, 3.8) is 0 Å². The van der Waals surface area contributed by atoms with E-state index in [9.17, 15) is 14.0 Å². The number of benzene rings is 2. The molecule has 0 aliphatic heterocycles. The topological polar surface area (TPSA) is 71.5 Å². The van der Waals surface area contributed by atoms with Gasteiger partial charge in [0.2, 0.25) is 5.91 Å². The molecule has 1 aromatic heterocycles. The Kier molecular flexibility index (Phi) is 8.66. The van der Waals surface area contributed by atoms with Gasteiger partial charge in [-0.2, -0.15) is 0 Å². The molecule has 1 N–H and O–H groups in total. The Hall–Kier alpha value is -3.74. The Balaban J connectivity index is 1.78. The van der Waals surface area contributed by atoms with Crippen molar-refractivity contribution in [1.29, 1.82) is 0 Å². The Morgan fingerprint density at radius 3 is 2.44 bits per heavy atom. The zero-order valence-electron chi connectivity index (χ0n) is 20.5. The highest BCUT2D eigenvalue weighted by molar-refractivity contribution is 5.96. The van der Waals surface area contributed by atoms with Gasteiger partial charge >= 0.3 is 0 Å². The summed E-state index contributed by atoms with van der Waals surface area (Å²) in [5.41, 5.74) is 1.52. The second-order valence-electron chi connectivity index (χ2n) is 8.99. The largest absolute Gasteiger partial charge is 0.494 e. The van der Waals surface area contributed by atoms with Gasteiger partial charge in [-0.1, -0.05) is 55.7 Å². The number of hydrogen-bond acceptors (Lipinski definition) is 4. The lowest BCUT2D eigenvalue weighted by Gasteiger charge is -2.34. The number of carbonyl (C=O) groups excluding carboxylic acids is 2. The van der Waals surface area contributed by atoms with E-state index in [1.165, 1.54) is 17.0 Å². The number of aromatic nitrogens is 1. The van der Waals surface area contributed by atoms with E-state index in [0.29, 0.717) is 23.5 Å². The van der Waals surface area contributed by atoms with Gasteiger partial charge in [-0.15, -0.1) is 0 Å². The fourth-order valence-corrected chi connectivity index (χ4v) is 4.67. The van der Waals surface area contributed by atoms with Gasteiger partial charge < -0.3 is 15.0 Å². The third kappa shape index (κ3) is 6.27. The molecular formula is C29H32FN3O3. The summed E-state index contributed by atoms with van der Waals surface area (Å²) in [7, 11) is 0. The molecule has 1 aliphatic rings. The van der Waals surface area contributed by atoms with E-state index in [2.05, 4.69) is 10.3 Å². The third-order valence-electron chi connectivity index (χ3n) is 6.44. The molecule has 3 aromatic rings. The molecule has 0 radical (unpaired) electrons. The lowest BCUT2D eigenvalue weighted by molar-refractivity contribution is -0.127. The van der Waals surface area contributed by atoms with Crippen LogP contribution in [0.4, 0.5) is 4.39 Å². The Bertz CT molecular complexity index is 1150. The summed E-state index contributed by atoms with van der Waals surface area (Å²) in [5.74, 6) is -0.480. The van der Waals surface area contributed by atoms with Crippen LogP contribution in [0.1, 0.15) is 66.7 Å². The quantitative estimate of drug-likeness (QED) is 0.434. The van der Waals surface area contributed by atoms with Crippen LogP contribution in [0.5, 0.6) is 5.75 Å². The van der Waals surface area contributed by atoms with E-state index >= 15 is 0 Å². The first kappa shape index (κ1) is 25.4. The number of hydrogen-bond donors (Lipinski definition) is 1. The Morgan fingerprint density at radius 2 is 1.75 bits per heavy atom. The first-order chi connectivity index (χ1) is 17.6. The van der Waals surface area contributed by atoms with Crippen LogP contribution in [0.2, 0.25) is 0 Å². The molecule has 1 atom stereocenters. The number of halogens is 1. The summed E-state index contributed by atoms with van der Waals surface area (Å²) in [4.78, 5) is 33.6. The monoisotopic (exact) mass is 489 g/mol. The van der Waals surface area contributed by atoms with Crippen molar-refractivity contribution in [3.05, 3.63) is 95.6 Å². The van der Waals surface area contributed by atoms with Crippen molar-refractivity contribution < 1.29 is 18.7 Å². The molecule has 7 heteroatoms. The number of amides is 2. The molecule has 0 saturated heterocycles. The smallest absolute Gasteiger partial charge is 0.273 e. The van der Waals surface area contributed by atoms with E-state index in [-0.39, 0.29) is 30.0 Å². The van der Waals surface area contributed by atoms with E-state index < -0.39 is 11.9 Å². The normalized spacial score (nSPS) is 14.6. The summed E-state index contributed by atoms with van der Waals surface area (Å²) in [6.45, 7) is 2.39. The van der Waals surface area contributed by atoms with Crippen molar-refractivity contribution in [1.82, 2.24) is 15.2 Å². The molecule has 1 fully saturated rings. The predicted molar refractivity (Wildman–Crippen MR) is 136 cm³/mol. The minimum Gasteiger partial charge on any atom is -0.494 e. The minimum absolute atomic E-state index is 0.0608. The summed E-state index contributed by atoms with van der Waals surface area (Å²) >= 11 is 0. The molecule has 4 rings (SSSR count). The van der Waals surface area contributed by atoms with Crippen LogP contribution in [0, 0.1) is 5.82 Å². The zero-order chi connectivity index (χ0) is 25.3. The van der Waals surface area contributed by atoms with Crippen LogP contribution >= 0.6 is 0 Å². The van der Waals surface area contributed by atoms with Crippen molar-refractivity contribution in [2.75, 3.05) is 6.61 Å². The van der Waals surface area contributed by atoms with Gasteiger partial charge in [-0.05, 0) is 55.7 Å². The first-order valence-electron chi connectivity index (χ1n) is 12.6. The molecular weight excluding hydrogens is 457 g/mol. The molecule has 1 aliphatic carbocycles. The number of para-hydroxylation sites is 1. The summed E-state index contributed by atoms with van der Waals surface area (Å²) in [6, 6.07) is 17.5. The first-order valence-corrected chi connectivity index (χ1v) is 12.6. The number of ether oxygens (including phenoxy) is 1. The van der Waals surface area contributed by atoms with Crippen LogP contribution in [-0.4, -0.2) is 34.3 Å². The predicted octanol–water partition coefficient (Wildman–Crippen LogP) is 5.45. The van der Waals surface area contributed by atoms with Gasteiger partial charge in [0.15, 0.2) is 0 Å². The van der Waals surface area contributed by atoms with Gasteiger partial charge in [0.25, 0.3) is 5.91 Å². The number of nitrogens with one attached hydrogen (secondary N) is 1. The maximum Gasteiger partial charge on any atom is 0.273 e. The average Bonchev–Trinajstić information content (AvgIpc) is 2.91. The highest BCUT2D eigenvalue weighted by Gasteiger charge is 2.35. The Morgan fingerprint density at radius 1 is 1.03 bits per heavy atom. The van der Waals surface area contributed by atoms with Gasteiger partial charge in [0.1, 0.15) is 23.3 Å². The molecule has 0 unspecified atom stereocenters. The summed E-state index contributed by atoms with van der Waals surface area (Å²) < 4.78 is 19.5. The summed E-state index contributed by atoms with van der Waals surface area (Å²) in [5, 5.41) is 3.20. The molecule has 1 heterocycles. The lowest BCUT2D eigenvalue weighted by atomic mass is 9.94. The van der Waals surface area contributed by atoms with Gasteiger partial charge in [-0.25, -0.2) is 4.39 Å². The molecule has 0 bridgehead atoms. The molecule has 36 heavy (non-hydrogen) atoms. The molecule has 1 saturated carbocycles. The maximum absolute atomic E-state index is 13.9. The minimum atomic E-state index is -0.964. The van der Waals surface area contributed by atoms with Crippen molar-refractivity contribution in [2.24, 2.45) is 0 Å². The second kappa shape index (κ2) is 12.3. The number of rotatable bonds is 9. The van der Waals surface area contributed by atoms with Crippen molar-refractivity contribution in [3.8, 4) is 5.75 Å². The fraction of sp³-hybridized carbons (Fsp3) is 0.345. The van der Waals surface area contributed by atoms with Crippen LogP contribution in [-0.2, 0) is 11.3 Å². The molecule has 188 valence electrons. The number of pyridine rings is 1. The second-order valence-corrected chi connectivity index (χ2v) is 8.99. The van der Waals surface area contributed by atoms with Crippen LogP contribution in [0.25, 0.3) is 0 Å². The van der Waals surface area contributed by atoms with E-state index in [4.69, 9.17) is 4.74 Å². The average molecular weight is 490 g/mol. The zero-order valence-corrected chi connectivity index (χ0v) is 20.5. The molecule has 6 nitrogen and oxygen atoms in total. The van der Waals surface area contributed by atoms with Crippen molar-refractivity contribution >= 4 is 11.8 Å². The lowest BCUT2D eigenvalue weighted by Crippen LogP contribution is -2.47. The van der Waals surface area contributed by atoms with Crippen LogP contribution in [0.15, 0.2) is 72.9 Å². The van der Waals surface area contributed by atoms with E-state index in [1.807, 2.05) is 25.1 Å². The van der Waals surface area contributed by atoms with Gasteiger partial charge in [-0.3, -0.25) is 14.6 Å². The van der Waals surface area contributed by atoms with Gasteiger partial charge in [0, 0.05) is 24.3 Å². The number of carbonyl (C=O) groups is 2.